The molecule has 6 heteroatoms. The maximum atomic E-state index is 12.9. The van der Waals surface area contributed by atoms with Crippen molar-refractivity contribution in [2.24, 2.45) is 0 Å². The Hall–Kier alpha value is -2.89. The van der Waals surface area contributed by atoms with Gasteiger partial charge in [-0.25, -0.2) is 0 Å². The van der Waals surface area contributed by atoms with Crippen molar-refractivity contribution in [3.8, 4) is 0 Å². The van der Waals surface area contributed by atoms with E-state index in [0.29, 0.717) is 12.8 Å². The molecule has 0 bridgehead atoms. The normalized spacial score (nSPS) is 12.4. The van der Waals surface area contributed by atoms with Crippen molar-refractivity contribution in [2.75, 3.05) is 13.2 Å². The van der Waals surface area contributed by atoms with Crippen molar-refractivity contribution in [1.82, 2.24) is 0 Å². The van der Waals surface area contributed by atoms with Crippen molar-refractivity contribution in [3.05, 3.63) is 60.8 Å². The van der Waals surface area contributed by atoms with Gasteiger partial charge in [-0.1, -0.05) is 338 Å². The fourth-order valence-corrected chi connectivity index (χ4v) is 9.70. The molecule has 0 amide bonds. The SMILES string of the molecule is CC/C=C\C/C=C\C/C=C\C/C=C\C/C=C\CC(=O)OCC(COC(=O)CCCCCCCCCCCCCCCCCCCCCCCCC)OC(=O)CCCCCCCCCCCCCCCCCCCCC. The van der Waals surface area contributed by atoms with Crippen LogP contribution in [0.4, 0.5) is 0 Å². The van der Waals surface area contributed by atoms with Crippen molar-refractivity contribution < 1.29 is 28.6 Å². The molecule has 0 aliphatic rings. The average molecular weight is 1050 g/mol. The number of esters is 3. The van der Waals surface area contributed by atoms with Crippen LogP contribution in [-0.2, 0) is 28.6 Å². The van der Waals surface area contributed by atoms with E-state index >= 15 is 0 Å². The molecule has 1 atom stereocenters. The fraction of sp³-hybridized carbons (Fsp3) is 0.812. The molecule has 0 aliphatic carbocycles. The van der Waals surface area contributed by atoms with E-state index in [2.05, 4.69) is 69.4 Å². The number of unbranched alkanes of at least 4 members (excludes halogenated alkanes) is 40. The van der Waals surface area contributed by atoms with Gasteiger partial charge in [-0.2, -0.15) is 0 Å². The van der Waals surface area contributed by atoms with Gasteiger partial charge in [0.15, 0.2) is 6.10 Å². The molecule has 0 aromatic heterocycles. The van der Waals surface area contributed by atoms with Crippen molar-refractivity contribution >= 4 is 17.9 Å². The maximum absolute atomic E-state index is 12.9. The summed E-state index contributed by atoms with van der Waals surface area (Å²) in [5, 5.41) is 0. The highest BCUT2D eigenvalue weighted by molar-refractivity contribution is 5.72. The molecule has 0 spiro atoms. The highest BCUT2D eigenvalue weighted by atomic mass is 16.6. The van der Waals surface area contributed by atoms with Crippen molar-refractivity contribution in [3.63, 3.8) is 0 Å². The number of hydrogen-bond acceptors (Lipinski definition) is 6. The van der Waals surface area contributed by atoms with E-state index in [0.717, 1.165) is 70.6 Å². The predicted molar refractivity (Wildman–Crippen MR) is 325 cm³/mol. The summed E-state index contributed by atoms with van der Waals surface area (Å²) in [4.78, 5) is 38.3. The lowest BCUT2D eigenvalue weighted by Crippen LogP contribution is -2.30. The molecule has 436 valence electrons. The lowest BCUT2D eigenvalue weighted by molar-refractivity contribution is -0.166. The second-order valence-corrected chi connectivity index (χ2v) is 22.0. The van der Waals surface area contributed by atoms with Gasteiger partial charge in [0.25, 0.3) is 0 Å². The summed E-state index contributed by atoms with van der Waals surface area (Å²) in [6.45, 7) is 6.50. The Morgan fingerprint density at radius 1 is 0.280 bits per heavy atom. The molecule has 0 aliphatic heterocycles. The Labute approximate surface area is 466 Å². The predicted octanol–water partition coefficient (Wildman–Crippen LogP) is 22.3. The van der Waals surface area contributed by atoms with E-state index in [9.17, 15) is 14.4 Å². The Balaban J connectivity index is 4.35. The van der Waals surface area contributed by atoms with Crippen LogP contribution in [0, 0.1) is 0 Å². The van der Waals surface area contributed by atoms with Crippen LogP contribution in [0.1, 0.15) is 342 Å². The first-order valence-corrected chi connectivity index (χ1v) is 32.8. The zero-order valence-corrected chi connectivity index (χ0v) is 50.1. The van der Waals surface area contributed by atoms with Crippen molar-refractivity contribution in [2.45, 2.75) is 348 Å². The standard InChI is InChI=1S/C69H124O6/c1-4-7-10-13-16-19-22-25-28-30-32-33-34-35-37-38-41-44-47-50-53-56-59-62-68(71)74-65-66(64-73-67(70)61-58-55-52-49-46-43-40-27-24-21-18-15-12-9-6-3)75-69(72)63-60-57-54-51-48-45-42-39-36-31-29-26-23-20-17-14-11-8-5-2/h9,12,18,21,27,40,46,49,55,58,66H,4-8,10-11,13-17,19-20,22-26,28-39,41-45,47-48,50-54,56-57,59-65H2,1-3H3/b12-9-,21-18-,40-27-,49-46-,58-55-. The van der Waals surface area contributed by atoms with Crippen LogP contribution in [-0.4, -0.2) is 37.2 Å². The summed E-state index contributed by atoms with van der Waals surface area (Å²) in [6, 6.07) is 0. The Kier molecular flexibility index (Phi) is 61.2. The fourth-order valence-electron chi connectivity index (χ4n) is 9.70. The molecule has 0 fully saturated rings. The third-order valence-electron chi connectivity index (χ3n) is 14.6. The summed E-state index contributed by atoms with van der Waals surface area (Å²) in [5.41, 5.74) is 0. The van der Waals surface area contributed by atoms with Gasteiger partial charge < -0.3 is 14.2 Å². The minimum Gasteiger partial charge on any atom is -0.462 e. The zero-order chi connectivity index (χ0) is 54.3. The molecular weight excluding hydrogens is 925 g/mol. The minimum absolute atomic E-state index is 0.0991. The Bertz CT molecular complexity index is 1340. The zero-order valence-electron chi connectivity index (χ0n) is 50.1. The number of ether oxygens (including phenoxy) is 3. The summed E-state index contributed by atoms with van der Waals surface area (Å²) in [6.07, 6.45) is 81.2. The highest BCUT2D eigenvalue weighted by Crippen LogP contribution is 2.18. The van der Waals surface area contributed by atoms with Crippen LogP contribution in [0.25, 0.3) is 0 Å². The maximum Gasteiger partial charge on any atom is 0.309 e. The molecule has 0 rings (SSSR count). The smallest absolute Gasteiger partial charge is 0.309 e. The van der Waals surface area contributed by atoms with Gasteiger partial charge in [-0.05, 0) is 44.9 Å². The monoisotopic (exact) mass is 1050 g/mol. The molecule has 0 N–H and O–H groups in total. The number of rotatable bonds is 60. The Morgan fingerprint density at radius 2 is 0.520 bits per heavy atom. The van der Waals surface area contributed by atoms with Crippen molar-refractivity contribution in [1.29, 1.82) is 0 Å². The summed E-state index contributed by atoms with van der Waals surface area (Å²) in [7, 11) is 0. The molecule has 0 radical (unpaired) electrons. The molecule has 0 heterocycles. The number of carbonyl (C=O) groups excluding carboxylic acids is 3. The molecular formula is C69H124O6. The van der Waals surface area contributed by atoms with E-state index in [1.807, 2.05) is 12.2 Å². The Morgan fingerprint density at radius 3 is 0.813 bits per heavy atom. The molecule has 1 unspecified atom stereocenters. The quantitative estimate of drug-likeness (QED) is 0.0261. The third kappa shape index (κ3) is 61.8. The van der Waals surface area contributed by atoms with Crippen LogP contribution in [0.3, 0.4) is 0 Å². The number of carbonyl (C=O) groups is 3. The summed E-state index contributed by atoms with van der Waals surface area (Å²) in [5.74, 6) is -1.01. The average Bonchev–Trinajstić information content (AvgIpc) is 3.41. The number of allylic oxidation sites excluding steroid dienone is 9. The number of hydrogen-bond donors (Lipinski definition) is 0. The first-order valence-electron chi connectivity index (χ1n) is 32.8. The van der Waals surface area contributed by atoms with Gasteiger partial charge in [0.05, 0.1) is 6.42 Å². The highest BCUT2D eigenvalue weighted by Gasteiger charge is 2.19. The van der Waals surface area contributed by atoms with E-state index < -0.39 is 12.1 Å². The molecule has 75 heavy (non-hydrogen) atoms. The molecule has 0 saturated carbocycles. The van der Waals surface area contributed by atoms with Gasteiger partial charge in [-0.15, -0.1) is 0 Å². The van der Waals surface area contributed by atoms with Gasteiger partial charge >= 0.3 is 17.9 Å². The van der Waals surface area contributed by atoms with Crippen LogP contribution >= 0.6 is 0 Å². The molecule has 0 aromatic carbocycles. The molecule has 0 saturated heterocycles. The minimum atomic E-state index is -0.812. The van der Waals surface area contributed by atoms with Crippen LogP contribution in [0.2, 0.25) is 0 Å². The second kappa shape index (κ2) is 63.6. The van der Waals surface area contributed by atoms with Gasteiger partial charge in [-0.3, -0.25) is 14.4 Å². The van der Waals surface area contributed by atoms with E-state index in [4.69, 9.17) is 14.2 Å². The largest absolute Gasteiger partial charge is 0.462 e. The van der Waals surface area contributed by atoms with Crippen LogP contribution in [0.15, 0.2) is 60.8 Å². The van der Waals surface area contributed by atoms with E-state index in [1.165, 1.54) is 231 Å². The van der Waals surface area contributed by atoms with E-state index in [1.54, 1.807) is 0 Å². The molecule has 6 nitrogen and oxygen atoms in total. The summed E-state index contributed by atoms with van der Waals surface area (Å²) < 4.78 is 16.8. The van der Waals surface area contributed by atoms with Crippen LogP contribution < -0.4 is 0 Å². The summed E-state index contributed by atoms with van der Waals surface area (Å²) >= 11 is 0. The second-order valence-electron chi connectivity index (χ2n) is 22.0. The first-order chi connectivity index (χ1) is 37.0. The topological polar surface area (TPSA) is 78.9 Å². The molecule has 0 aromatic rings. The van der Waals surface area contributed by atoms with Gasteiger partial charge in [0.1, 0.15) is 13.2 Å². The third-order valence-corrected chi connectivity index (χ3v) is 14.6. The lowest BCUT2D eigenvalue weighted by Gasteiger charge is -2.18. The van der Waals surface area contributed by atoms with Crippen LogP contribution in [0.5, 0.6) is 0 Å². The lowest BCUT2D eigenvalue weighted by atomic mass is 10.0. The first kappa shape index (κ1) is 72.1. The van der Waals surface area contributed by atoms with Gasteiger partial charge in [0.2, 0.25) is 0 Å². The van der Waals surface area contributed by atoms with E-state index in [-0.39, 0.29) is 31.6 Å². The van der Waals surface area contributed by atoms with Gasteiger partial charge in [0, 0.05) is 12.8 Å².